The number of rotatable bonds is 9. The summed E-state index contributed by atoms with van der Waals surface area (Å²) in [7, 11) is 0. The SMILES string of the molecule is CCOc1c(F)cc(CCC2CCC(C3CCC(C[C@H](C)c4ccccc4)CC3)CC2)cc1F. The smallest absolute Gasteiger partial charge is 0.190 e. The van der Waals surface area contributed by atoms with Crippen LogP contribution < -0.4 is 4.74 Å². The van der Waals surface area contributed by atoms with Gasteiger partial charge in [0, 0.05) is 0 Å². The Morgan fingerprint density at radius 2 is 1.38 bits per heavy atom. The van der Waals surface area contributed by atoms with Crippen molar-refractivity contribution in [1.82, 2.24) is 0 Å². The first-order chi connectivity index (χ1) is 16.5. The molecule has 0 amide bonds. The van der Waals surface area contributed by atoms with E-state index in [9.17, 15) is 8.78 Å². The Hall–Kier alpha value is -1.90. The van der Waals surface area contributed by atoms with Crippen LogP contribution in [0.2, 0.25) is 0 Å². The van der Waals surface area contributed by atoms with Gasteiger partial charge in [0.1, 0.15) is 0 Å². The Kier molecular flexibility index (Phi) is 9.03. The van der Waals surface area contributed by atoms with E-state index in [4.69, 9.17) is 4.74 Å². The van der Waals surface area contributed by atoms with E-state index >= 15 is 0 Å². The van der Waals surface area contributed by atoms with Crippen LogP contribution in [0.4, 0.5) is 8.78 Å². The molecule has 2 aromatic carbocycles. The molecular formula is C31H42F2O. The molecule has 1 atom stereocenters. The first-order valence-electron chi connectivity index (χ1n) is 13.7. The van der Waals surface area contributed by atoms with Gasteiger partial charge in [0.25, 0.3) is 0 Å². The summed E-state index contributed by atoms with van der Waals surface area (Å²) in [5, 5.41) is 0. The monoisotopic (exact) mass is 468 g/mol. The molecule has 0 saturated heterocycles. The van der Waals surface area contributed by atoms with Gasteiger partial charge in [0.2, 0.25) is 0 Å². The molecule has 34 heavy (non-hydrogen) atoms. The number of benzene rings is 2. The number of hydrogen-bond donors (Lipinski definition) is 0. The second kappa shape index (κ2) is 12.2. The van der Waals surface area contributed by atoms with E-state index in [1.807, 2.05) is 0 Å². The molecule has 4 rings (SSSR count). The van der Waals surface area contributed by atoms with E-state index < -0.39 is 11.6 Å². The van der Waals surface area contributed by atoms with Gasteiger partial charge >= 0.3 is 0 Å². The van der Waals surface area contributed by atoms with Crippen LogP contribution in [0.5, 0.6) is 5.75 Å². The quantitative estimate of drug-likeness (QED) is 0.356. The zero-order valence-electron chi connectivity index (χ0n) is 21.1. The Bertz CT molecular complexity index is 857. The van der Waals surface area contributed by atoms with E-state index in [0.717, 1.165) is 36.2 Å². The third-order valence-electron chi connectivity index (χ3n) is 8.69. The summed E-state index contributed by atoms with van der Waals surface area (Å²) >= 11 is 0. The highest BCUT2D eigenvalue weighted by molar-refractivity contribution is 5.31. The fourth-order valence-electron chi connectivity index (χ4n) is 6.67. The average Bonchev–Trinajstić information content (AvgIpc) is 2.86. The highest BCUT2D eigenvalue weighted by Gasteiger charge is 2.31. The summed E-state index contributed by atoms with van der Waals surface area (Å²) in [6.45, 7) is 4.39. The van der Waals surface area contributed by atoms with Crippen LogP contribution in [-0.4, -0.2) is 6.61 Å². The van der Waals surface area contributed by atoms with E-state index in [1.54, 1.807) is 6.92 Å². The van der Waals surface area contributed by atoms with Crippen molar-refractivity contribution in [2.75, 3.05) is 6.61 Å². The van der Waals surface area contributed by atoms with E-state index in [1.165, 1.54) is 75.5 Å². The molecule has 0 aliphatic heterocycles. The van der Waals surface area contributed by atoms with Gasteiger partial charge in [-0.25, -0.2) is 8.78 Å². The molecule has 0 spiro atoms. The van der Waals surface area contributed by atoms with Crippen molar-refractivity contribution in [3.63, 3.8) is 0 Å². The molecule has 2 aliphatic carbocycles. The molecule has 2 aliphatic rings. The zero-order chi connectivity index (χ0) is 23.9. The van der Waals surface area contributed by atoms with Crippen LogP contribution in [0.25, 0.3) is 0 Å². The second-order valence-corrected chi connectivity index (χ2v) is 11.0. The van der Waals surface area contributed by atoms with Gasteiger partial charge in [-0.3, -0.25) is 0 Å². The van der Waals surface area contributed by atoms with Crippen molar-refractivity contribution in [2.24, 2.45) is 23.7 Å². The zero-order valence-corrected chi connectivity index (χ0v) is 21.1. The molecule has 1 nitrogen and oxygen atoms in total. The molecule has 2 saturated carbocycles. The summed E-state index contributed by atoms with van der Waals surface area (Å²) in [5.74, 6) is 2.66. The molecule has 3 heteroatoms. The van der Waals surface area contributed by atoms with Crippen molar-refractivity contribution < 1.29 is 13.5 Å². The van der Waals surface area contributed by atoms with Gasteiger partial charge in [-0.15, -0.1) is 0 Å². The number of aryl methyl sites for hydroxylation is 1. The van der Waals surface area contributed by atoms with Gasteiger partial charge in [-0.1, -0.05) is 62.9 Å². The molecule has 2 fully saturated rings. The summed E-state index contributed by atoms with van der Waals surface area (Å²) in [6.07, 6.45) is 14.0. The minimum Gasteiger partial charge on any atom is -0.488 e. The number of hydrogen-bond acceptors (Lipinski definition) is 1. The minimum atomic E-state index is -0.575. The lowest BCUT2D eigenvalue weighted by atomic mass is 9.67. The van der Waals surface area contributed by atoms with E-state index in [-0.39, 0.29) is 12.4 Å². The highest BCUT2D eigenvalue weighted by Crippen LogP contribution is 2.44. The lowest BCUT2D eigenvalue weighted by Gasteiger charge is -2.38. The number of ether oxygens (including phenoxy) is 1. The third-order valence-corrected chi connectivity index (χ3v) is 8.69. The fraction of sp³-hybridized carbons (Fsp3) is 0.613. The molecule has 186 valence electrons. The molecule has 0 unspecified atom stereocenters. The maximum absolute atomic E-state index is 14.1. The predicted molar refractivity (Wildman–Crippen MR) is 136 cm³/mol. The molecular weight excluding hydrogens is 426 g/mol. The Morgan fingerprint density at radius 1 is 0.824 bits per heavy atom. The van der Waals surface area contributed by atoms with Crippen molar-refractivity contribution in [2.45, 2.75) is 90.4 Å². The van der Waals surface area contributed by atoms with Gasteiger partial charge in [0.15, 0.2) is 17.4 Å². The molecule has 0 N–H and O–H groups in total. The van der Waals surface area contributed by atoms with Crippen LogP contribution in [0, 0.1) is 35.3 Å². The minimum absolute atomic E-state index is 0.240. The molecule has 0 heterocycles. The summed E-state index contributed by atoms with van der Waals surface area (Å²) in [4.78, 5) is 0. The Morgan fingerprint density at radius 3 is 1.94 bits per heavy atom. The third kappa shape index (κ3) is 6.61. The van der Waals surface area contributed by atoms with Crippen LogP contribution in [0.1, 0.15) is 95.1 Å². The molecule has 0 radical (unpaired) electrons. The maximum Gasteiger partial charge on any atom is 0.190 e. The van der Waals surface area contributed by atoms with Crippen molar-refractivity contribution in [1.29, 1.82) is 0 Å². The highest BCUT2D eigenvalue weighted by atomic mass is 19.1. The van der Waals surface area contributed by atoms with Crippen molar-refractivity contribution in [3.8, 4) is 5.75 Å². The first kappa shape index (κ1) is 25.2. The van der Waals surface area contributed by atoms with E-state index in [2.05, 4.69) is 37.3 Å². The van der Waals surface area contributed by atoms with E-state index in [0.29, 0.717) is 11.8 Å². The molecule has 0 bridgehead atoms. The molecule has 2 aromatic rings. The predicted octanol–water partition coefficient (Wildman–Crippen LogP) is 9.10. The lowest BCUT2D eigenvalue weighted by molar-refractivity contribution is 0.139. The summed E-state index contributed by atoms with van der Waals surface area (Å²) < 4.78 is 33.4. The van der Waals surface area contributed by atoms with Crippen LogP contribution in [0.3, 0.4) is 0 Å². The van der Waals surface area contributed by atoms with Crippen molar-refractivity contribution in [3.05, 3.63) is 65.2 Å². The first-order valence-corrected chi connectivity index (χ1v) is 13.7. The second-order valence-electron chi connectivity index (χ2n) is 11.0. The largest absolute Gasteiger partial charge is 0.488 e. The van der Waals surface area contributed by atoms with Crippen LogP contribution in [0.15, 0.2) is 42.5 Å². The Labute approximate surface area is 205 Å². The number of halogens is 2. The average molecular weight is 469 g/mol. The Balaban J connectivity index is 1.17. The topological polar surface area (TPSA) is 9.23 Å². The standard InChI is InChI=1S/C31H42F2O/c1-3-34-31-29(32)20-25(21-30(31)33)10-9-23-11-15-27(16-12-23)28-17-13-24(14-18-28)19-22(2)26-7-5-4-6-8-26/h4-8,20-24,27-28H,3,9-19H2,1-2H3/t22-,23?,24?,27?,28?/m0/s1. The normalized spacial score (nSPS) is 26.2. The summed E-state index contributed by atoms with van der Waals surface area (Å²) in [5.41, 5.74) is 2.24. The van der Waals surface area contributed by atoms with Gasteiger partial charge < -0.3 is 4.74 Å². The van der Waals surface area contributed by atoms with Crippen molar-refractivity contribution >= 4 is 0 Å². The van der Waals surface area contributed by atoms with Gasteiger partial charge in [-0.2, -0.15) is 0 Å². The van der Waals surface area contributed by atoms with Crippen LogP contribution >= 0.6 is 0 Å². The lowest BCUT2D eigenvalue weighted by Crippen LogP contribution is -2.26. The van der Waals surface area contributed by atoms with Crippen LogP contribution in [-0.2, 0) is 6.42 Å². The molecule has 0 aromatic heterocycles. The fourth-order valence-corrected chi connectivity index (χ4v) is 6.67. The van der Waals surface area contributed by atoms with Gasteiger partial charge in [0.05, 0.1) is 6.61 Å². The maximum atomic E-state index is 14.1. The summed E-state index contributed by atoms with van der Waals surface area (Å²) in [6, 6.07) is 13.9. The van der Waals surface area contributed by atoms with Gasteiger partial charge in [-0.05, 0) is 105 Å².